The van der Waals surface area contributed by atoms with Gasteiger partial charge >= 0.3 is 0 Å². The van der Waals surface area contributed by atoms with Crippen LogP contribution in [0.1, 0.15) is 36.7 Å². The molecule has 1 aromatic heterocycles. The van der Waals surface area contributed by atoms with Crippen LogP contribution in [0.15, 0.2) is 22.7 Å². The Bertz CT molecular complexity index is 650. The lowest BCUT2D eigenvalue weighted by Crippen LogP contribution is -2.19. The monoisotopic (exact) mass is 272 g/mol. The van der Waals surface area contributed by atoms with E-state index in [0.717, 1.165) is 23.4 Å². The summed E-state index contributed by atoms with van der Waals surface area (Å²) in [5, 5.41) is 9.98. The number of nitrogens with zero attached hydrogens (tertiary/aromatic N) is 2. The first-order valence-electron chi connectivity index (χ1n) is 6.61. The molecule has 1 aliphatic heterocycles. The maximum absolute atomic E-state index is 11.3. The average molecular weight is 272 g/mol. The molecular weight excluding hydrogens is 256 g/mol. The second kappa shape index (κ2) is 4.96. The maximum Gasteiger partial charge on any atom is 0.248 e. The van der Waals surface area contributed by atoms with Gasteiger partial charge in [-0.2, -0.15) is 4.98 Å². The van der Waals surface area contributed by atoms with Gasteiger partial charge in [0.25, 0.3) is 0 Å². The smallest absolute Gasteiger partial charge is 0.248 e. The van der Waals surface area contributed by atoms with Gasteiger partial charge in [-0.1, -0.05) is 5.16 Å². The van der Waals surface area contributed by atoms with Gasteiger partial charge < -0.3 is 15.2 Å². The highest BCUT2D eigenvalue weighted by Crippen LogP contribution is 2.27. The fraction of sp³-hybridized carbons (Fsp3) is 0.357. The number of aromatic nitrogens is 2. The van der Waals surface area contributed by atoms with E-state index in [4.69, 9.17) is 4.52 Å². The van der Waals surface area contributed by atoms with Crippen LogP contribution in [-0.2, 0) is 11.2 Å². The topological polar surface area (TPSA) is 80.0 Å². The fourth-order valence-electron chi connectivity index (χ4n) is 2.27. The number of amides is 1. The Morgan fingerprint density at radius 1 is 1.40 bits per heavy atom. The van der Waals surface area contributed by atoms with Crippen molar-refractivity contribution >= 4 is 17.3 Å². The highest BCUT2D eigenvalue weighted by molar-refractivity contribution is 5.94. The molecule has 20 heavy (non-hydrogen) atoms. The second-order valence-corrected chi connectivity index (χ2v) is 4.97. The Morgan fingerprint density at radius 2 is 2.25 bits per heavy atom. The molecule has 6 nitrogen and oxygen atoms in total. The SMILES string of the molecule is Cc1noc(C(C)Nc2ccc3c(c2)CCC(=O)N3)n1. The summed E-state index contributed by atoms with van der Waals surface area (Å²) in [6.45, 7) is 3.76. The molecule has 1 amide bonds. The van der Waals surface area contributed by atoms with E-state index in [1.807, 2.05) is 19.1 Å². The van der Waals surface area contributed by atoms with E-state index in [1.165, 1.54) is 0 Å². The first-order valence-corrected chi connectivity index (χ1v) is 6.61. The maximum atomic E-state index is 11.3. The highest BCUT2D eigenvalue weighted by Gasteiger charge is 2.16. The van der Waals surface area contributed by atoms with Crippen LogP contribution in [-0.4, -0.2) is 16.0 Å². The number of carbonyl (C=O) groups excluding carboxylic acids is 1. The van der Waals surface area contributed by atoms with Crippen LogP contribution in [0.25, 0.3) is 0 Å². The molecule has 0 aliphatic carbocycles. The van der Waals surface area contributed by atoms with E-state index in [0.29, 0.717) is 18.1 Å². The van der Waals surface area contributed by atoms with Crippen LogP contribution in [0.5, 0.6) is 0 Å². The minimum Gasteiger partial charge on any atom is -0.374 e. The summed E-state index contributed by atoms with van der Waals surface area (Å²) in [6, 6.07) is 5.84. The van der Waals surface area contributed by atoms with E-state index in [9.17, 15) is 4.79 Å². The third-order valence-corrected chi connectivity index (χ3v) is 3.30. The molecule has 2 N–H and O–H groups in total. The van der Waals surface area contributed by atoms with Crippen molar-refractivity contribution in [3.63, 3.8) is 0 Å². The minimum absolute atomic E-state index is 0.0626. The minimum atomic E-state index is -0.0626. The average Bonchev–Trinajstić information content (AvgIpc) is 2.86. The van der Waals surface area contributed by atoms with Crippen molar-refractivity contribution in [2.24, 2.45) is 0 Å². The van der Waals surface area contributed by atoms with E-state index >= 15 is 0 Å². The van der Waals surface area contributed by atoms with E-state index in [1.54, 1.807) is 6.92 Å². The lowest BCUT2D eigenvalue weighted by Gasteiger charge is -2.19. The van der Waals surface area contributed by atoms with Gasteiger partial charge in [0, 0.05) is 17.8 Å². The summed E-state index contributed by atoms with van der Waals surface area (Å²) >= 11 is 0. The van der Waals surface area contributed by atoms with Gasteiger partial charge in [0.05, 0.1) is 0 Å². The lowest BCUT2D eigenvalue weighted by molar-refractivity contribution is -0.116. The van der Waals surface area contributed by atoms with E-state index < -0.39 is 0 Å². The first kappa shape index (κ1) is 12.7. The second-order valence-electron chi connectivity index (χ2n) is 4.97. The number of fused-ring (bicyclic) bond motifs is 1. The van der Waals surface area contributed by atoms with Crippen molar-refractivity contribution in [3.05, 3.63) is 35.5 Å². The number of nitrogens with one attached hydrogen (secondary N) is 2. The Balaban J connectivity index is 1.76. The zero-order valence-corrected chi connectivity index (χ0v) is 11.4. The fourth-order valence-corrected chi connectivity index (χ4v) is 2.27. The van der Waals surface area contributed by atoms with Gasteiger partial charge in [-0.05, 0) is 44.0 Å². The molecule has 0 radical (unpaired) electrons. The molecule has 3 rings (SSSR count). The van der Waals surface area contributed by atoms with Gasteiger partial charge in [0.15, 0.2) is 5.82 Å². The van der Waals surface area contributed by atoms with Gasteiger partial charge in [-0.3, -0.25) is 4.79 Å². The molecule has 1 aliphatic rings. The van der Waals surface area contributed by atoms with Crippen molar-refractivity contribution in [2.45, 2.75) is 32.7 Å². The molecule has 1 aromatic carbocycles. The standard InChI is InChI=1S/C14H16N4O2/c1-8(14-16-9(2)18-20-14)15-11-4-5-12-10(7-11)3-6-13(19)17-12/h4-5,7-8,15H,3,6H2,1-2H3,(H,17,19). The highest BCUT2D eigenvalue weighted by atomic mass is 16.5. The normalized spacial score (nSPS) is 15.4. The van der Waals surface area contributed by atoms with Crippen LogP contribution in [0.4, 0.5) is 11.4 Å². The lowest BCUT2D eigenvalue weighted by atomic mass is 10.0. The first-order chi connectivity index (χ1) is 9.61. The third kappa shape index (κ3) is 2.49. The van der Waals surface area contributed by atoms with Gasteiger partial charge in [0.1, 0.15) is 6.04 Å². The Labute approximate surface area is 116 Å². The summed E-state index contributed by atoms with van der Waals surface area (Å²) in [4.78, 5) is 15.5. The number of aryl methyl sites for hydroxylation is 2. The molecule has 2 heterocycles. The number of benzene rings is 1. The Hall–Kier alpha value is -2.37. The largest absolute Gasteiger partial charge is 0.374 e. The molecule has 6 heteroatoms. The van der Waals surface area contributed by atoms with E-state index in [-0.39, 0.29) is 11.9 Å². The molecule has 0 spiro atoms. The number of rotatable bonds is 3. The molecule has 2 aromatic rings. The summed E-state index contributed by atoms with van der Waals surface area (Å²) in [5.41, 5.74) is 3.01. The molecule has 0 bridgehead atoms. The summed E-state index contributed by atoms with van der Waals surface area (Å²) < 4.78 is 5.14. The zero-order valence-electron chi connectivity index (χ0n) is 11.4. The van der Waals surface area contributed by atoms with Crippen LogP contribution >= 0.6 is 0 Å². The molecule has 1 unspecified atom stereocenters. The van der Waals surface area contributed by atoms with E-state index in [2.05, 4.69) is 26.8 Å². The molecule has 0 saturated heterocycles. The number of hydrogen-bond acceptors (Lipinski definition) is 5. The molecule has 104 valence electrons. The van der Waals surface area contributed by atoms with Crippen molar-refractivity contribution in [2.75, 3.05) is 10.6 Å². The quantitative estimate of drug-likeness (QED) is 0.897. The zero-order chi connectivity index (χ0) is 14.1. The van der Waals surface area contributed by atoms with Gasteiger partial charge in [0.2, 0.25) is 11.8 Å². The number of carbonyl (C=O) groups is 1. The summed E-state index contributed by atoms with van der Waals surface area (Å²) in [7, 11) is 0. The molecule has 0 fully saturated rings. The van der Waals surface area contributed by atoms with Crippen LogP contribution in [0.2, 0.25) is 0 Å². The van der Waals surface area contributed by atoms with Crippen molar-refractivity contribution in [1.82, 2.24) is 10.1 Å². The van der Waals surface area contributed by atoms with Crippen molar-refractivity contribution in [3.8, 4) is 0 Å². The number of hydrogen-bond donors (Lipinski definition) is 2. The molecule has 0 saturated carbocycles. The summed E-state index contributed by atoms with van der Waals surface area (Å²) in [5.74, 6) is 1.27. The Morgan fingerprint density at radius 3 is 3.00 bits per heavy atom. The third-order valence-electron chi connectivity index (χ3n) is 3.30. The van der Waals surface area contributed by atoms with Crippen molar-refractivity contribution in [1.29, 1.82) is 0 Å². The predicted octanol–water partition coefficient (Wildman–Crippen LogP) is 2.44. The molecule has 1 atom stereocenters. The molecular formula is C14H16N4O2. The Kier molecular flexibility index (Phi) is 3.14. The van der Waals surface area contributed by atoms with Gasteiger partial charge in [-0.25, -0.2) is 0 Å². The predicted molar refractivity (Wildman–Crippen MR) is 74.5 cm³/mol. The summed E-state index contributed by atoms with van der Waals surface area (Å²) in [6.07, 6.45) is 1.31. The van der Waals surface area contributed by atoms with Crippen molar-refractivity contribution < 1.29 is 9.32 Å². The van der Waals surface area contributed by atoms with Crippen LogP contribution in [0, 0.1) is 6.92 Å². The number of anilines is 2. The van der Waals surface area contributed by atoms with Crippen LogP contribution < -0.4 is 10.6 Å². The van der Waals surface area contributed by atoms with Crippen LogP contribution in [0.3, 0.4) is 0 Å². The van der Waals surface area contributed by atoms with Gasteiger partial charge in [-0.15, -0.1) is 0 Å².